The number of carbonyl (C=O) groups is 2. The first-order valence-corrected chi connectivity index (χ1v) is 5.88. The van der Waals surface area contributed by atoms with Crippen LogP contribution < -0.4 is 5.11 Å². The molecule has 0 saturated carbocycles. The molecule has 0 atom stereocenters. The zero-order chi connectivity index (χ0) is 11.5. The largest absolute Gasteiger partial charge is 1.00 e. The molecule has 0 radical (unpaired) electrons. The molecule has 0 aliphatic heterocycles. The average Bonchev–Trinajstić information content (AvgIpc) is 2.15. The first-order chi connectivity index (χ1) is 7.16. The van der Waals surface area contributed by atoms with Gasteiger partial charge in [-0.05, 0) is 6.42 Å². The Hall–Kier alpha value is -0.120. The van der Waals surface area contributed by atoms with Crippen LogP contribution in [0.25, 0.3) is 0 Å². The summed E-state index contributed by atoms with van der Waals surface area (Å²) in [5, 5.41) is 10.1. The molecule has 0 unspecified atom stereocenters. The maximum absolute atomic E-state index is 11.0. The molecular formula is C12H21AgO3. The van der Waals surface area contributed by atoms with Crippen molar-refractivity contribution in [2.24, 2.45) is 0 Å². The average molecular weight is 321 g/mol. The quantitative estimate of drug-likeness (QED) is 0.350. The zero-order valence-corrected chi connectivity index (χ0v) is 11.4. The Balaban J connectivity index is 0. The number of rotatable bonds is 10. The van der Waals surface area contributed by atoms with Crippen molar-refractivity contribution in [3.8, 4) is 0 Å². The number of Topliss-reactive ketones (excluding diaryl/α,β-unsaturated/α-hetero) is 1. The second kappa shape index (κ2) is 12.9. The van der Waals surface area contributed by atoms with E-state index in [2.05, 4.69) is 6.92 Å². The maximum Gasteiger partial charge on any atom is 1.00 e. The first-order valence-electron chi connectivity index (χ1n) is 5.88. The molecule has 3 nitrogen and oxygen atoms in total. The molecule has 0 rings (SSSR count). The van der Waals surface area contributed by atoms with Crippen molar-refractivity contribution in [2.45, 2.75) is 64.7 Å². The molecule has 0 N–H and O–H groups in total. The van der Waals surface area contributed by atoms with Gasteiger partial charge in [0.15, 0.2) is 0 Å². The number of ketones is 1. The van der Waals surface area contributed by atoms with Crippen LogP contribution in [0, 0.1) is 0 Å². The van der Waals surface area contributed by atoms with Gasteiger partial charge in [-0.1, -0.05) is 45.4 Å². The molecule has 0 spiro atoms. The fourth-order valence-electron chi connectivity index (χ4n) is 1.53. The summed E-state index contributed by atoms with van der Waals surface area (Å²) < 4.78 is 0. The van der Waals surface area contributed by atoms with Crippen molar-refractivity contribution < 1.29 is 37.1 Å². The molecule has 98 valence electrons. The Morgan fingerprint density at radius 1 is 0.938 bits per heavy atom. The second-order valence-electron chi connectivity index (χ2n) is 3.96. The first kappa shape index (κ1) is 18.3. The Morgan fingerprint density at radius 3 is 1.94 bits per heavy atom. The van der Waals surface area contributed by atoms with Gasteiger partial charge in [0.05, 0.1) is 0 Å². The fourth-order valence-corrected chi connectivity index (χ4v) is 1.53. The molecular weight excluding hydrogens is 300 g/mol. The molecule has 0 saturated heterocycles. The van der Waals surface area contributed by atoms with E-state index in [-0.39, 0.29) is 28.2 Å². The number of carbonyl (C=O) groups excluding carboxylic acids is 2. The summed E-state index contributed by atoms with van der Waals surface area (Å²) in [5.74, 6) is -1.47. The Labute approximate surface area is 114 Å². The van der Waals surface area contributed by atoms with E-state index in [4.69, 9.17) is 0 Å². The number of hydrogen-bond donors (Lipinski definition) is 0. The maximum atomic E-state index is 11.0. The third-order valence-electron chi connectivity index (χ3n) is 2.40. The SMILES string of the molecule is CCCCCCCCCC(=O)CC(=O)[O-].[Ag+]. The van der Waals surface area contributed by atoms with Gasteiger partial charge in [-0.3, -0.25) is 4.79 Å². The van der Waals surface area contributed by atoms with E-state index >= 15 is 0 Å². The van der Waals surface area contributed by atoms with Crippen molar-refractivity contribution in [1.82, 2.24) is 0 Å². The van der Waals surface area contributed by atoms with Gasteiger partial charge in [-0.15, -0.1) is 0 Å². The Morgan fingerprint density at radius 2 is 1.44 bits per heavy atom. The van der Waals surface area contributed by atoms with Gasteiger partial charge >= 0.3 is 22.4 Å². The second-order valence-corrected chi connectivity index (χ2v) is 3.96. The number of aliphatic carboxylic acids is 1. The van der Waals surface area contributed by atoms with Crippen molar-refractivity contribution in [3.05, 3.63) is 0 Å². The fraction of sp³-hybridized carbons (Fsp3) is 0.833. The van der Waals surface area contributed by atoms with Crippen LogP contribution in [-0.4, -0.2) is 11.8 Å². The van der Waals surface area contributed by atoms with Crippen LogP contribution in [0.5, 0.6) is 0 Å². The van der Waals surface area contributed by atoms with Gasteiger partial charge in [-0.2, -0.15) is 0 Å². The molecule has 0 aliphatic carbocycles. The molecule has 0 aliphatic rings. The molecule has 16 heavy (non-hydrogen) atoms. The van der Waals surface area contributed by atoms with E-state index in [1.807, 2.05) is 0 Å². The summed E-state index contributed by atoms with van der Waals surface area (Å²) in [5.41, 5.74) is 0. The van der Waals surface area contributed by atoms with Crippen LogP contribution in [0.3, 0.4) is 0 Å². The van der Waals surface area contributed by atoms with Gasteiger partial charge in [0.1, 0.15) is 5.78 Å². The predicted molar refractivity (Wildman–Crippen MR) is 57.2 cm³/mol. The van der Waals surface area contributed by atoms with Crippen LogP contribution in [0.15, 0.2) is 0 Å². The molecule has 0 aromatic rings. The molecule has 0 heterocycles. The molecule has 0 aromatic carbocycles. The van der Waals surface area contributed by atoms with Gasteiger partial charge in [-0.25, -0.2) is 0 Å². The third kappa shape index (κ3) is 13.9. The standard InChI is InChI=1S/C12H22O3.Ag/c1-2-3-4-5-6-7-8-9-11(13)10-12(14)15;/h2-10H2,1H3,(H,14,15);/q;+1/p-1. The van der Waals surface area contributed by atoms with E-state index < -0.39 is 12.4 Å². The van der Waals surface area contributed by atoms with E-state index in [9.17, 15) is 14.7 Å². The number of carboxylic acid groups (broad SMARTS) is 1. The molecule has 0 fully saturated rings. The number of carboxylic acids is 1. The Bertz CT molecular complexity index is 193. The smallest absolute Gasteiger partial charge is 0.550 e. The minimum atomic E-state index is -1.26. The topological polar surface area (TPSA) is 57.2 Å². The van der Waals surface area contributed by atoms with E-state index in [1.165, 1.54) is 25.7 Å². The molecule has 0 amide bonds. The van der Waals surface area contributed by atoms with E-state index in [1.54, 1.807) is 0 Å². The summed E-state index contributed by atoms with van der Waals surface area (Å²) in [7, 11) is 0. The van der Waals surface area contributed by atoms with Crippen molar-refractivity contribution in [2.75, 3.05) is 0 Å². The van der Waals surface area contributed by atoms with Crippen LogP contribution >= 0.6 is 0 Å². The monoisotopic (exact) mass is 320 g/mol. The predicted octanol–water partition coefficient (Wildman–Crippen LogP) is 1.83. The van der Waals surface area contributed by atoms with E-state index in [0.29, 0.717) is 6.42 Å². The van der Waals surface area contributed by atoms with Gasteiger partial charge in [0.2, 0.25) is 0 Å². The van der Waals surface area contributed by atoms with Gasteiger partial charge in [0, 0.05) is 18.8 Å². The number of hydrogen-bond acceptors (Lipinski definition) is 3. The van der Waals surface area contributed by atoms with E-state index in [0.717, 1.165) is 19.3 Å². The van der Waals surface area contributed by atoms with Gasteiger partial charge < -0.3 is 9.90 Å². The van der Waals surface area contributed by atoms with Crippen LogP contribution in [0.4, 0.5) is 0 Å². The van der Waals surface area contributed by atoms with Crippen LogP contribution in [0.2, 0.25) is 0 Å². The zero-order valence-electron chi connectivity index (χ0n) is 9.89. The van der Waals surface area contributed by atoms with Crippen molar-refractivity contribution in [3.63, 3.8) is 0 Å². The molecule has 0 aromatic heterocycles. The Kier molecular flexibility index (Phi) is 14.8. The third-order valence-corrected chi connectivity index (χ3v) is 2.40. The summed E-state index contributed by atoms with van der Waals surface area (Å²) >= 11 is 0. The molecule has 4 heteroatoms. The number of unbranched alkanes of at least 4 members (excludes halogenated alkanes) is 6. The van der Waals surface area contributed by atoms with Crippen molar-refractivity contribution in [1.29, 1.82) is 0 Å². The van der Waals surface area contributed by atoms with Gasteiger partial charge in [0.25, 0.3) is 0 Å². The summed E-state index contributed by atoms with van der Waals surface area (Å²) in [6.45, 7) is 2.18. The minimum absolute atomic E-state index is 0. The summed E-state index contributed by atoms with van der Waals surface area (Å²) in [6, 6.07) is 0. The molecule has 0 bridgehead atoms. The minimum Gasteiger partial charge on any atom is -0.550 e. The summed E-state index contributed by atoms with van der Waals surface area (Å²) in [6.07, 6.45) is 7.98. The van der Waals surface area contributed by atoms with Crippen LogP contribution in [-0.2, 0) is 32.0 Å². The normalized spacial score (nSPS) is 9.56. The van der Waals surface area contributed by atoms with Crippen LogP contribution in [0.1, 0.15) is 64.7 Å². The summed E-state index contributed by atoms with van der Waals surface area (Å²) in [4.78, 5) is 21.1. The van der Waals surface area contributed by atoms with Crippen molar-refractivity contribution >= 4 is 11.8 Å².